The van der Waals surface area contributed by atoms with Crippen LogP contribution in [0.1, 0.15) is 17.1 Å². The number of aryl methyl sites for hydroxylation is 1. The number of aromatic nitrogens is 3. The standard InChI is InChI=1S/C11H12N4O/c1-7-13-10(11(16)15-14-7)6-8-3-2-4-9(12)5-8/h2-5H,6,12H2,1H3,(H,15,16). The highest BCUT2D eigenvalue weighted by Crippen LogP contribution is 2.09. The van der Waals surface area contributed by atoms with Crippen LogP contribution in [-0.4, -0.2) is 15.2 Å². The molecule has 2 aromatic rings. The number of hydrogen-bond donors (Lipinski definition) is 2. The lowest BCUT2D eigenvalue weighted by atomic mass is 10.1. The number of rotatable bonds is 2. The number of benzene rings is 1. The van der Waals surface area contributed by atoms with Gasteiger partial charge >= 0.3 is 0 Å². The Kier molecular flexibility index (Phi) is 2.68. The Bertz CT molecular complexity index is 562. The van der Waals surface area contributed by atoms with Crippen molar-refractivity contribution in [3.8, 4) is 0 Å². The van der Waals surface area contributed by atoms with Gasteiger partial charge in [0.2, 0.25) is 0 Å². The number of nitrogen functional groups attached to an aromatic ring is 1. The maximum atomic E-state index is 11.4. The maximum Gasteiger partial charge on any atom is 0.286 e. The highest BCUT2D eigenvalue weighted by Gasteiger charge is 2.04. The quantitative estimate of drug-likeness (QED) is 0.722. The normalized spacial score (nSPS) is 10.3. The maximum absolute atomic E-state index is 11.4. The van der Waals surface area contributed by atoms with Crippen LogP contribution in [0.3, 0.4) is 0 Å². The lowest BCUT2D eigenvalue weighted by molar-refractivity contribution is 0.831. The molecule has 3 N–H and O–H groups in total. The van der Waals surface area contributed by atoms with Gasteiger partial charge in [-0.1, -0.05) is 12.1 Å². The van der Waals surface area contributed by atoms with E-state index in [4.69, 9.17) is 5.73 Å². The molecule has 2 rings (SSSR count). The summed E-state index contributed by atoms with van der Waals surface area (Å²) in [6, 6.07) is 7.40. The molecule has 82 valence electrons. The molecule has 0 amide bonds. The number of H-pyrrole nitrogens is 1. The highest BCUT2D eigenvalue weighted by molar-refractivity contribution is 5.41. The van der Waals surface area contributed by atoms with Crippen LogP contribution in [0.2, 0.25) is 0 Å². The zero-order valence-corrected chi connectivity index (χ0v) is 8.90. The molecule has 1 heterocycles. The van der Waals surface area contributed by atoms with Gasteiger partial charge in [-0.05, 0) is 24.6 Å². The summed E-state index contributed by atoms with van der Waals surface area (Å²) in [6.45, 7) is 1.73. The van der Waals surface area contributed by atoms with Crippen LogP contribution >= 0.6 is 0 Å². The Hall–Kier alpha value is -2.17. The molecule has 0 saturated carbocycles. The van der Waals surface area contributed by atoms with Crippen LogP contribution in [0.4, 0.5) is 5.69 Å². The molecule has 0 radical (unpaired) electrons. The van der Waals surface area contributed by atoms with Crippen LogP contribution in [-0.2, 0) is 6.42 Å². The predicted molar refractivity (Wildman–Crippen MR) is 61.1 cm³/mol. The van der Waals surface area contributed by atoms with E-state index < -0.39 is 0 Å². The number of nitrogens with one attached hydrogen (secondary N) is 1. The highest BCUT2D eigenvalue weighted by atomic mass is 16.1. The molecule has 5 heteroatoms. The average Bonchev–Trinajstić information content (AvgIpc) is 2.24. The lowest BCUT2D eigenvalue weighted by Gasteiger charge is -2.01. The van der Waals surface area contributed by atoms with E-state index in [1.54, 1.807) is 13.0 Å². The Balaban J connectivity index is 2.34. The molecule has 1 aromatic heterocycles. The molecule has 1 aromatic carbocycles. The first-order valence-electron chi connectivity index (χ1n) is 4.92. The van der Waals surface area contributed by atoms with E-state index in [1.165, 1.54) is 0 Å². The van der Waals surface area contributed by atoms with E-state index in [2.05, 4.69) is 15.2 Å². The first-order chi connectivity index (χ1) is 7.65. The van der Waals surface area contributed by atoms with Crippen molar-refractivity contribution in [1.82, 2.24) is 15.2 Å². The molecular formula is C11H12N4O. The van der Waals surface area contributed by atoms with Crippen molar-refractivity contribution in [1.29, 1.82) is 0 Å². The molecule has 0 unspecified atom stereocenters. The number of hydrogen-bond acceptors (Lipinski definition) is 4. The van der Waals surface area contributed by atoms with Gasteiger partial charge in [0.05, 0.1) is 0 Å². The van der Waals surface area contributed by atoms with Gasteiger partial charge in [0.25, 0.3) is 5.56 Å². The van der Waals surface area contributed by atoms with Gasteiger partial charge in [0, 0.05) is 12.1 Å². The largest absolute Gasteiger partial charge is 0.399 e. The summed E-state index contributed by atoms with van der Waals surface area (Å²) < 4.78 is 0. The zero-order chi connectivity index (χ0) is 11.5. The van der Waals surface area contributed by atoms with Crippen molar-refractivity contribution in [2.45, 2.75) is 13.3 Å². The minimum atomic E-state index is -0.256. The number of anilines is 1. The van der Waals surface area contributed by atoms with E-state index >= 15 is 0 Å². The topological polar surface area (TPSA) is 84.7 Å². The fraction of sp³-hybridized carbons (Fsp3) is 0.182. The minimum absolute atomic E-state index is 0.256. The molecule has 0 aliphatic heterocycles. The molecule has 0 fully saturated rings. The van der Waals surface area contributed by atoms with Gasteiger partial charge in [-0.3, -0.25) is 4.79 Å². The SMILES string of the molecule is Cc1n[nH]c(=O)c(Cc2cccc(N)c2)n1. The summed E-state index contributed by atoms with van der Waals surface area (Å²) in [7, 11) is 0. The Labute approximate surface area is 92.3 Å². The van der Waals surface area contributed by atoms with E-state index in [9.17, 15) is 4.79 Å². The second kappa shape index (κ2) is 4.14. The van der Waals surface area contributed by atoms with Crippen LogP contribution < -0.4 is 11.3 Å². The third kappa shape index (κ3) is 2.25. The van der Waals surface area contributed by atoms with Crippen LogP contribution in [0, 0.1) is 6.92 Å². The Morgan fingerprint density at radius 2 is 2.25 bits per heavy atom. The Morgan fingerprint density at radius 3 is 3.00 bits per heavy atom. The van der Waals surface area contributed by atoms with Gasteiger partial charge in [-0.25, -0.2) is 10.1 Å². The molecule has 0 saturated heterocycles. The van der Waals surface area contributed by atoms with Crippen molar-refractivity contribution < 1.29 is 0 Å². The molecule has 5 nitrogen and oxygen atoms in total. The summed E-state index contributed by atoms with van der Waals surface area (Å²) in [6.07, 6.45) is 0.462. The fourth-order valence-corrected chi connectivity index (χ4v) is 1.48. The smallest absolute Gasteiger partial charge is 0.286 e. The summed E-state index contributed by atoms with van der Waals surface area (Å²) in [4.78, 5) is 15.6. The third-order valence-electron chi connectivity index (χ3n) is 2.20. The summed E-state index contributed by atoms with van der Waals surface area (Å²) in [5.74, 6) is 0.554. The average molecular weight is 216 g/mol. The summed E-state index contributed by atoms with van der Waals surface area (Å²) in [5.41, 5.74) is 7.50. The van der Waals surface area contributed by atoms with Gasteiger partial charge < -0.3 is 5.73 Å². The van der Waals surface area contributed by atoms with Gasteiger partial charge in [0.1, 0.15) is 11.5 Å². The first kappa shape index (κ1) is 10.4. The monoisotopic (exact) mass is 216 g/mol. The predicted octanol–water partition coefficient (Wildman–Crippen LogP) is 0.646. The number of nitrogens with zero attached hydrogens (tertiary/aromatic N) is 2. The van der Waals surface area contributed by atoms with Crippen molar-refractivity contribution >= 4 is 5.69 Å². The van der Waals surface area contributed by atoms with Crippen molar-refractivity contribution in [3.05, 3.63) is 51.7 Å². The molecule has 0 bridgehead atoms. The van der Waals surface area contributed by atoms with Gasteiger partial charge in [-0.15, -0.1) is 0 Å². The Morgan fingerprint density at radius 1 is 1.44 bits per heavy atom. The summed E-state index contributed by atoms with van der Waals surface area (Å²) in [5, 5.41) is 6.13. The number of nitrogens with two attached hydrogens (primary N) is 1. The van der Waals surface area contributed by atoms with Gasteiger partial charge in [-0.2, -0.15) is 5.10 Å². The van der Waals surface area contributed by atoms with E-state index in [0.29, 0.717) is 23.6 Å². The van der Waals surface area contributed by atoms with E-state index in [0.717, 1.165) is 5.56 Å². The van der Waals surface area contributed by atoms with E-state index in [1.807, 2.05) is 18.2 Å². The number of aromatic amines is 1. The fourth-order valence-electron chi connectivity index (χ4n) is 1.48. The zero-order valence-electron chi connectivity index (χ0n) is 8.90. The second-order valence-corrected chi connectivity index (χ2v) is 3.58. The second-order valence-electron chi connectivity index (χ2n) is 3.58. The van der Waals surface area contributed by atoms with Crippen LogP contribution in [0.5, 0.6) is 0 Å². The van der Waals surface area contributed by atoms with Gasteiger partial charge in [0.15, 0.2) is 0 Å². The summed E-state index contributed by atoms with van der Waals surface area (Å²) >= 11 is 0. The van der Waals surface area contributed by atoms with Crippen molar-refractivity contribution in [2.75, 3.05) is 5.73 Å². The third-order valence-corrected chi connectivity index (χ3v) is 2.20. The molecular weight excluding hydrogens is 204 g/mol. The molecule has 0 atom stereocenters. The molecule has 0 aliphatic rings. The van der Waals surface area contributed by atoms with Crippen molar-refractivity contribution in [3.63, 3.8) is 0 Å². The first-order valence-corrected chi connectivity index (χ1v) is 4.92. The molecule has 0 spiro atoms. The molecule has 16 heavy (non-hydrogen) atoms. The van der Waals surface area contributed by atoms with Crippen LogP contribution in [0.15, 0.2) is 29.1 Å². The lowest BCUT2D eigenvalue weighted by Crippen LogP contribution is -2.18. The van der Waals surface area contributed by atoms with E-state index in [-0.39, 0.29) is 5.56 Å². The van der Waals surface area contributed by atoms with Crippen LogP contribution in [0.25, 0.3) is 0 Å². The van der Waals surface area contributed by atoms with Crippen molar-refractivity contribution in [2.24, 2.45) is 0 Å². The molecule has 0 aliphatic carbocycles. The minimum Gasteiger partial charge on any atom is -0.399 e.